The highest BCUT2D eigenvalue weighted by Gasteiger charge is 2.39. The maximum absolute atomic E-state index is 14.2. The number of allylic oxidation sites excluding steroid dienone is 2. The van der Waals surface area contributed by atoms with E-state index in [9.17, 15) is 19.9 Å². The molecule has 0 radical (unpaired) electrons. The molecule has 208 valence electrons. The van der Waals surface area contributed by atoms with Gasteiger partial charge in [-0.2, -0.15) is 4.73 Å². The molecule has 0 bridgehead atoms. The Balaban J connectivity index is 1.64. The van der Waals surface area contributed by atoms with Gasteiger partial charge < -0.3 is 20.0 Å². The molecule has 2 aliphatic carbocycles. The molecule has 4 rings (SSSR count). The zero-order valence-electron chi connectivity index (χ0n) is 23.4. The van der Waals surface area contributed by atoms with Crippen molar-refractivity contribution in [2.24, 2.45) is 17.3 Å². The standard InChI is InChI=1S/C31H38N2O5S/c1-20-8-13-26(21(2)17-20)29(34)33(27-18-25(14-15-31(3,4)5)39-28(27)30(35)36)22-9-11-23(12-10-22)38-24-7-6-16-32(37)19-24/h6-8,16,18-19,21-23,26H,9-13,17H2,1-5H3,(H,35,36)/t21-,22?,23?,26-/m0/s1. The van der Waals surface area contributed by atoms with Crippen molar-refractivity contribution in [2.75, 3.05) is 4.90 Å². The van der Waals surface area contributed by atoms with Crippen LogP contribution in [-0.4, -0.2) is 29.1 Å². The number of rotatable bonds is 6. The molecule has 2 aromatic rings. The number of nitrogens with zero attached hydrogens (tertiary/aromatic N) is 2. The number of anilines is 1. The maximum atomic E-state index is 14.2. The van der Waals surface area contributed by atoms with Gasteiger partial charge in [0.15, 0.2) is 11.9 Å². The molecule has 2 atom stereocenters. The first kappa shape index (κ1) is 28.7. The highest BCUT2D eigenvalue weighted by Crippen LogP contribution is 2.39. The number of carbonyl (C=O) groups excluding carboxylic acids is 1. The summed E-state index contributed by atoms with van der Waals surface area (Å²) >= 11 is 1.13. The van der Waals surface area contributed by atoms with Crippen LogP contribution in [0.2, 0.25) is 0 Å². The average Bonchev–Trinajstić information content (AvgIpc) is 3.28. The molecule has 2 heterocycles. The number of carboxylic acids is 1. The molecule has 1 amide bonds. The lowest BCUT2D eigenvalue weighted by molar-refractivity contribution is -0.605. The number of carboxylic acid groups (broad SMARTS) is 1. The molecular weight excluding hydrogens is 512 g/mol. The van der Waals surface area contributed by atoms with Crippen molar-refractivity contribution in [3.63, 3.8) is 0 Å². The summed E-state index contributed by atoms with van der Waals surface area (Å²) in [4.78, 5) is 29.2. The van der Waals surface area contributed by atoms with Crippen molar-refractivity contribution in [3.05, 3.63) is 57.2 Å². The van der Waals surface area contributed by atoms with Gasteiger partial charge in [0, 0.05) is 23.4 Å². The Kier molecular flexibility index (Phi) is 8.70. The molecule has 0 aliphatic heterocycles. The molecule has 7 nitrogen and oxygen atoms in total. The van der Waals surface area contributed by atoms with E-state index >= 15 is 0 Å². The number of ether oxygens (including phenoxy) is 1. The minimum Gasteiger partial charge on any atom is -0.619 e. The van der Waals surface area contributed by atoms with Crippen LogP contribution in [0.3, 0.4) is 0 Å². The number of aromatic nitrogens is 1. The lowest BCUT2D eigenvalue weighted by Crippen LogP contribution is -2.48. The van der Waals surface area contributed by atoms with E-state index in [0.29, 0.717) is 53.1 Å². The lowest BCUT2D eigenvalue weighted by atomic mass is 9.79. The summed E-state index contributed by atoms with van der Waals surface area (Å²) in [6.45, 7) is 10.2. The van der Waals surface area contributed by atoms with Gasteiger partial charge in [0.25, 0.3) is 0 Å². The van der Waals surface area contributed by atoms with Gasteiger partial charge in [-0.25, -0.2) is 4.79 Å². The Morgan fingerprint density at radius 3 is 2.56 bits per heavy atom. The van der Waals surface area contributed by atoms with Crippen LogP contribution in [0.15, 0.2) is 42.2 Å². The Morgan fingerprint density at radius 2 is 1.95 bits per heavy atom. The average molecular weight is 551 g/mol. The molecule has 1 saturated carbocycles. The molecular formula is C31H38N2O5S. The number of amides is 1. The van der Waals surface area contributed by atoms with Crippen molar-refractivity contribution in [3.8, 4) is 17.6 Å². The summed E-state index contributed by atoms with van der Waals surface area (Å²) in [5, 5.41) is 21.8. The fraction of sp³-hybridized carbons (Fsp3) is 0.516. The van der Waals surface area contributed by atoms with Crippen LogP contribution in [0.4, 0.5) is 5.69 Å². The third kappa shape index (κ3) is 7.21. The quantitative estimate of drug-likeness (QED) is 0.200. The second-order valence-corrected chi connectivity index (χ2v) is 12.9. The van der Waals surface area contributed by atoms with Gasteiger partial charge in [-0.3, -0.25) is 4.79 Å². The van der Waals surface area contributed by atoms with Gasteiger partial charge in [0.2, 0.25) is 12.1 Å². The highest BCUT2D eigenvalue weighted by molar-refractivity contribution is 7.15. The van der Waals surface area contributed by atoms with Gasteiger partial charge in [-0.15, -0.1) is 11.3 Å². The maximum Gasteiger partial charge on any atom is 0.348 e. The molecule has 39 heavy (non-hydrogen) atoms. The smallest absolute Gasteiger partial charge is 0.348 e. The minimum absolute atomic E-state index is 0.0123. The molecule has 0 aromatic carbocycles. The molecule has 0 unspecified atom stereocenters. The third-order valence-corrected chi connectivity index (χ3v) is 8.42. The normalized spacial score (nSPS) is 23.3. The molecule has 1 N–H and O–H groups in total. The fourth-order valence-corrected chi connectivity index (χ4v) is 6.30. The zero-order chi connectivity index (χ0) is 28.3. The van der Waals surface area contributed by atoms with Crippen LogP contribution < -0.4 is 14.4 Å². The molecule has 8 heteroatoms. The number of hydrogen-bond donors (Lipinski definition) is 1. The second-order valence-electron chi connectivity index (χ2n) is 11.9. The van der Waals surface area contributed by atoms with E-state index in [4.69, 9.17) is 4.74 Å². The van der Waals surface area contributed by atoms with Gasteiger partial charge in [0.05, 0.1) is 16.7 Å². The van der Waals surface area contributed by atoms with Crippen molar-refractivity contribution < 1.29 is 24.2 Å². The number of hydrogen-bond acceptors (Lipinski definition) is 5. The van der Waals surface area contributed by atoms with Crippen molar-refractivity contribution >= 4 is 28.9 Å². The summed E-state index contributed by atoms with van der Waals surface area (Å²) in [7, 11) is 0. The van der Waals surface area contributed by atoms with Gasteiger partial charge in [-0.05, 0) is 84.3 Å². The van der Waals surface area contributed by atoms with Crippen LogP contribution in [0, 0.1) is 34.3 Å². The second kappa shape index (κ2) is 11.8. The third-order valence-electron chi connectivity index (χ3n) is 7.39. The van der Waals surface area contributed by atoms with Crippen molar-refractivity contribution in [1.82, 2.24) is 0 Å². The van der Waals surface area contributed by atoms with E-state index in [2.05, 4.69) is 31.8 Å². The largest absolute Gasteiger partial charge is 0.619 e. The molecule has 2 aliphatic rings. The summed E-state index contributed by atoms with van der Waals surface area (Å²) in [5.74, 6) is 5.77. The van der Waals surface area contributed by atoms with E-state index in [1.165, 1.54) is 18.0 Å². The molecule has 2 aromatic heterocycles. The van der Waals surface area contributed by atoms with Gasteiger partial charge in [0.1, 0.15) is 4.88 Å². The van der Waals surface area contributed by atoms with E-state index in [1.54, 1.807) is 23.1 Å². The first-order valence-corrected chi connectivity index (χ1v) is 14.5. The number of thiophene rings is 1. The van der Waals surface area contributed by atoms with E-state index < -0.39 is 5.97 Å². The van der Waals surface area contributed by atoms with Crippen LogP contribution in [0.25, 0.3) is 0 Å². The fourth-order valence-electron chi connectivity index (χ4n) is 5.45. The van der Waals surface area contributed by atoms with Gasteiger partial charge in [-0.1, -0.05) is 30.4 Å². The molecule has 0 spiro atoms. The van der Waals surface area contributed by atoms with E-state index in [-0.39, 0.29) is 40.2 Å². The van der Waals surface area contributed by atoms with E-state index in [0.717, 1.165) is 17.8 Å². The predicted molar refractivity (Wildman–Crippen MR) is 153 cm³/mol. The lowest BCUT2D eigenvalue weighted by Gasteiger charge is -2.40. The van der Waals surface area contributed by atoms with Crippen molar-refractivity contribution in [2.45, 2.75) is 85.3 Å². The summed E-state index contributed by atoms with van der Waals surface area (Å²) in [6.07, 6.45) is 9.16. The zero-order valence-corrected chi connectivity index (χ0v) is 24.2. The monoisotopic (exact) mass is 550 g/mol. The number of carbonyl (C=O) groups is 2. The molecule has 0 saturated heterocycles. The summed E-state index contributed by atoms with van der Waals surface area (Å²) in [6, 6.07) is 5.06. The van der Waals surface area contributed by atoms with Crippen LogP contribution in [-0.2, 0) is 4.79 Å². The van der Waals surface area contributed by atoms with E-state index in [1.807, 2.05) is 20.8 Å². The van der Waals surface area contributed by atoms with Crippen LogP contribution in [0.5, 0.6) is 5.75 Å². The minimum atomic E-state index is -1.05. The Hall–Kier alpha value is -3.31. The Morgan fingerprint density at radius 1 is 1.23 bits per heavy atom. The first-order chi connectivity index (χ1) is 18.4. The number of pyridine rings is 1. The van der Waals surface area contributed by atoms with Crippen molar-refractivity contribution in [1.29, 1.82) is 0 Å². The SMILES string of the molecule is CC1=CC[C@H](C(=O)N(c2cc(C#CC(C)(C)C)sc2C(=O)O)C2CCC(Oc3ccc[n+]([O-])c3)CC2)[C@@H](C)C1. The van der Waals surface area contributed by atoms with Gasteiger partial charge >= 0.3 is 5.97 Å². The molecule has 1 fully saturated rings. The first-order valence-electron chi connectivity index (χ1n) is 13.7. The topological polar surface area (TPSA) is 93.8 Å². The van der Waals surface area contributed by atoms with Crippen LogP contribution in [0.1, 0.15) is 87.7 Å². The number of aromatic carboxylic acids is 1. The predicted octanol–water partition coefficient (Wildman–Crippen LogP) is 6.19. The summed E-state index contributed by atoms with van der Waals surface area (Å²) in [5.41, 5.74) is 1.51. The highest BCUT2D eigenvalue weighted by atomic mass is 32.1. The van der Waals surface area contributed by atoms with Crippen LogP contribution >= 0.6 is 11.3 Å². The Bertz CT molecular complexity index is 1300. The summed E-state index contributed by atoms with van der Waals surface area (Å²) < 4.78 is 6.78. The Labute approximate surface area is 235 Å².